The van der Waals surface area contributed by atoms with Crippen LogP contribution >= 0.6 is 35.6 Å². The van der Waals surface area contributed by atoms with Gasteiger partial charge in [0.1, 0.15) is 10.1 Å². The average molecular weight is 458 g/mol. The van der Waals surface area contributed by atoms with Crippen LogP contribution in [0.4, 0.5) is 4.39 Å². The molecule has 1 aromatic heterocycles. The molecule has 0 unspecified atom stereocenters. The van der Waals surface area contributed by atoms with Gasteiger partial charge in [-0.25, -0.2) is 4.98 Å². The molecule has 2 heterocycles. The first-order valence-electron chi connectivity index (χ1n) is 8.75. The zero-order valence-corrected chi connectivity index (χ0v) is 17.7. The monoisotopic (exact) mass is 457 g/mol. The fraction of sp³-hybridized carbons (Fsp3) is 0.0476. The molecule has 4 rings (SSSR count). The maximum absolute atomic E-state index is 13.7. The molecule has 0 atom stereocenters. The van der Waals surface area contributed by atoms with Gasteiger partial charge in [-0.05, 0) is 40.9 Å². The van der Waals surface area contributed by atoms with E-state index in [2.05, 4.69) is 9.97 Å². The van der Waals surface area contributed by atoms with Gasteiger partial charge in [0.05, 0.1) is 17.6 Å². The van der Waals surface area contributed by atoms with Crippen molar-refractivity contribution >= 4 is 51.9 Å². The summed E-state index contributed by atoms with van der Waals surface area (Å²) in [7, 11) is 0. The smallest absolute Gasteiger partial charge is 0.266 e. The molecule has 0 spiro atoms. The second kappa shape index (κ2) is 8.91. The van der Waals surface area contributed by atoms with Crippen molar-refractivity contribution in [2.75, 3.05) is 0 Å². The quantitative estimate of drug-likeness (QED) is 0.288. The number of nitrogens with zero attached hydrogens (tertiary/aromatic N) is 3. The van der Waals surface area contributed by atoms with Crippen molar-refractivity contribution in [3.05, 3.63) is 87.9 Å². The Hall–Kier alpha value is -2.81. The number of rotatable bonds is 5. The second-order valence-electron chi connectivity index (χ2n) is 6.22. The number of benzene rings is 2. The highest BCUT2D eigenvalue weighted by atomic mass is 35.5. The highest BCUT2D eigenvalue weighted by Gasteiger charge is 2.31. The SMILES string of the molecule is O=C1/C(=C\c2ccc(Oc3nc(Cl)ncc3F)cc2)SC(=S)N1Cc1ccccc1. The highest BCUT2D eigenvalue weighted by Crippen LogP contribution is 2.34. The van der Waals surface area contributed by atoms with E-state index in [1.54, 1.807) is 35.2 Å². The van der Waals surface area contributed by atoms with Crippen molar-refractivity contribution in [1.29, 1.82) is 0 Å². The van der Waals surface area contributed by atoms with E-state index in [1.165, 1.54) is 11.8 Å². The summed E-state index contributed by atoms with van der Waals surface area (Å²) in [5.41, 5.74) is 1.79. The van der Waals surface area contributed by atoms with Gasteiger partial charge in [-0.2, -0.15) is 9.37 Å². The molecule has 5 nitrogen and oxygen atoms in total. The van der Waals surface area contributed by atoms with E-state index in [0.29, 0.717) is 21.5 Å². The van der Waals surface area contributed by atoms with Crippen LogP contribution in [-0.4, -0.2) is 25.1 Å². The Balaban J connectivity index is 1.47. The van der Waals surface area contributed by atoms with Gasteiger partial charge in [0.15, 0.2) is 0 Å². The maximum atomic E-state index is 13.7. The molecule has 0 bridgehead atoms. The first-order chi connectivity index (χ1) is 14.5. The van der Waals surface area contributed by atoms with Crippen molar-refractivity contribution < 1.29 is 13.9 Å². The summed E-state index contributed by atoms with van der Waals surface area (Å²) >= 11 is 12.3. The van der Waals surface area contributed by atoms with Crippen LogP contribution in [0.25, 0.3) is 6.08 Å². The zero-order valence-electron chi connectivity index (χ0n) is 15.3. The van der Waals surface area contributed by atoms with Crippen LogP contribution in [0.5, 0.6) is 11.6 Å². The lowest BCUT2D eigenvalue weighted by molar-refractivity contribution is -0.122. The van der Waals surface area contributed by atoms with E-state index in [1.807, 2.05) is 30.3 Å². The van der Waals surface area contributed by atoms with Crippen LogP contribution in [0.3, 0.4) is 0 Å². The summed E-state index contributed by atoms with van der Waals surface area (Å²) in [6, 6.07) is 16.5. The molecule has 0 N–H and O–H groups in total. The standard InChI is InChI=1S/C21H13ClFN3O2S2/c22-20-24-11-16(23)18(25-20)28-15-8-6-13(7-9-15)10-17-19(27)26(21(29)30-17)12-14-4-2-1-3-5-14/h1-11H,12H2/b17-10+. The highest BCUT2D eigenvalue weighted by molar-refractivity contribution is 8.26. The fourth-order valence-corrected chi connectivity index (χ4v) is 4.08. The summed E-state index contributed by atoms with van der Waals surface area (Å²) in [6.07, 6.45) is 2.70. The molecule has 0 aliphatic carbocycles. The molecule has 150 valence electrons. The molecule has 9 heteroatoms. The molecular formula is C21H13ClFN3O2S2. The van der Waals surface area contributed by atoms with Crippen LogP contribution in [0, 0.1) is 5.82 Å². The minimum atomic E-state index is -0.717. The number of carbonyl (C=O) groups is 1. The molecule has 0 radical (unpaired) electrons. The summed E-state index contributed by atoms with van der Waals surface area (Å²) in [5.74, 6) is -0.737. The fourth-order valence-electron chi connectivity index (χ4n) is 2.70. The molecular weight excluding hydrogens is 445 g/mol. The molecule has 1 fully saturated rings. The maximum Gasteiger partial charge on any atom is 0.266 e. The van der Waals surface area contributed by atoms with Gasteiger partial charge in [0.25, 0.3) is 11.8 Å². The summed E-state index contributed by atoms with van der Waals surface area (Å²) < 4.78 is 19.6. The number of thioether (sulfide) groups is 1. The first kappa shape index (κ1) is 20.5. The Labute approximate surface area is 186 Å². The lowest BCUT2D eigenvalue weighted by atomic mass is 10.2. The predicted octanol–water partition coefficient (Wildman–Crippen LogP) is 5.46. The van der Waals surface area contributed by atoms with Gasteiger partial charge in [-0.15, -0.1) is 0 Å². The van der Waals surface area contributed by atoms with E-state index in [4.69, 9.17) is 28.6 Å². The van der Waals surface area contributed by atoms with Gasteiger partial charge in [0, 0.05) is 0 Å². The van der Waals surface area contributed by atoms with Crippen LogP contribution in [0.2, 0.25) is 5.28 Å². The summed E-state index contributed by atoms with van der Waals surface area (Å²) in [6.45, 7) is 0.433. The third-order valence-electron chi connectivity index (χ3n) is 4.13. The van der Waals surface area contributed by atoms with Gasteiger partial charge in [0.2, 0.25) is 11.1 Å². The lowest BCUT2D eigenvalue weighted by Crippen LogP contribution is -2.27. The van der Waals surface area contributed by atoms with Crippen LogP contribution < -0.4 is 4.74 Å². The molecule has 1 aliphatic heterocycles. The number of hydrogen-bond acceptors (Lipinski definition) is 6. The Morgan fingerprint density at radius 2 is 1.90 bits per heavy atom. The Kier molecular flexibility index (Phi) is 6.08. The summed E-state index contributed by atoms with van der Waals surface area (Å²) in [5, 5.41) is -0.111. The number of aromatic nitrogens is 2. The van der Waals surface area contributed by atoms with Crippen molar-refractivity contribution in [1.82, 2.24) is 14.9 Å². The largest absolute Gasteiger partial charge is 0.436 e. The van der Waals surface area contributed by atoms with Gasteiger partial charge in [-0.1, -0.05) is 66.4 Å². The molecule has 3 aromatic rings. The summed E-state index contributed by atoms with van der Waals surface area (Å²) in [4.78, 5) is 22.1. The Morgan fingerprint density at radius 1 is 1.17 bits per heavy atom. The van der Waals surface area contributed by atoms with E-state index >= 15 is 0 Å². The van der Waals surface area contributed by atoms with E-state index in [-0.39, 0.29) is 17.1 Å². The van der Waals surface area contributed by atoms with Gasteiger partial charge in [-0.3, -0.25) is 9.69 Å². The lowest BCUT2D eigenvalue weighted by Gasteiger charge is -2.14. The molecule has 30 heavy (non-hydrogen) atoms. The van der Waals surface area contributed by atoms with E-state index < -0.39 is 5.82 Å². The Morgan fingerprint density at radius 3 is 2.63 bits per heavy atom. The first-order valence-corrected chi connectivity index (χ1v) is 10.3. The van der Waals surface area contributed by atoms with Crippen molar-refractivity contribution in [3.8, 4) is 11.6 Å². The number of halogens is 2. The normalized spacial score (nSPS) is 15.1. The van der Waals surface area contributed by atoms with Gasteiger partial charge >= 0.3 is 0 Å². The number of thiocarbonyl (C=S) groups is 1. The minimum absolute atomic E-state index is 0.111. The second-order valence-corrected chi connectivity index (χ2v) is 8.23. The third kappa shape index (κ3) is 4.67. The van der Waals surface area contributed by atoms with E-state index in [0.717, 1.165) is 17.3 Å². The molecule has 1 amide bonds. The van der Waals surface area contributed by atoms with Crippen molar-refractivity contribution in [2.24, 2.45) is 0 Å². The van der Waals surface area contributed by atoms with E-state index in [9.17, 15) is 9.18 Å². The van der Waals surface area contributed by atoms with Crippen molar-refractivity contribution in [2.45, 2.75) is 6.54 Å². The van der Waals surface area contributed by atoms with Crippen LogP contribution in [0.1, 0.15) is 11.1 Å². The molecule has 0 saturated carbocycles. The predicted molar refractivity (Wildman–Crippen MR) is 119 cm³/mol. The van der Waals surface area contributed by atoms with Gasteiger partial charge < -0.3 is 4.74 Å². The van der Waals surface area contributed by atoms with Crippen LogP contribution in [0.15, 0.2) is 65.7 Å². The number of carbonyl (C=O) groups excluding carboxylic acids is 1. The molecule has 1 saturated heterocycles. The van der Waals surface area contributed by atoms with Crippen molar-refractivity contribution in [3.63, 3.8) is 0 Å². The molecule has 1 aliphatic rings. The topological polar surface area (TPSA) is 55.3 Å². The minimum Gasteiger partial charge on any atom is -0.436 e. The van der Waals surface area contributed by atoms with Crippen LogP contribution in [-0.2, 0) is 11.3 Å². The average Bonchev–Trinajstić information content (AvgIpc) is 3.00. The number of hydrogen-bond donors (Lipinski definition) is 0. The zero-order chi connectivity index (χ0) is 21.1. The number of amides is 1. The Bertz CT molecular complexity index is 1140. The molecule has 2 aromatic carbocycles. The number of ether oxygens (including phenoxy) is 1. The third-order valence-corrected chi connectivity index (χ3v) is 5.69.